The van der Waals surface area contributed by atoms with Crippen molar-refractivity contribution in [2.24, 2.45) is 0 Å². The van der Waals surface area contributed by atoms with E-state index in [1.54, 1.807) is 0 Å². The number of pyridine rings is 1. The molecule has 3 aromatic rings. The Labute approximate surface area is 267 Å². The van der Waals surface area contributed by atoms with Crippen molar-refractivity contribution < 1.29 is 63.3 Å². The molecule has 2 aromatic carbocycles. The molecule has 20 heteroatoms. The first-order chi connectivity index (χ1) is 21.6. The number of nitrogens with zero attached hydrogens (tertiary/aromatic N) is 3. The van der Waals surface area contributed by atoms with Gasteiger partial charge in [-0.2, -0.15) is 30.7 Å². The van der Waals surface area contributed by atoms with Crippen LogP contribution in [0.5, 0.6) is 0 Å². The molecule has 47 heavy (non-hydrogen) atoms. The number of halogens is 9. The summed E-state index contributed by atoms with van der Waals surface area (Å²) in [6, 6.07) is 16.1. The fourth-order valence-electron chi connectivity index (χ4n) is 3.96. The van der Waals surface area contributed by atoms with Crippen LogP contribution < -0.4 is 9.62 Å². The zero-order valence-electron chi connectivity index (χ0n) is 23.9. The number of benzene rings is 2. The molecule has 4 rings (SSSR count). The van der Waals surface area contributed by atoms with Crippen molar-refractivity contribution in [3.63, 3.8) is 0 Å². The number of aliphatic carboxylic acids is 2. The number of anilines is 2. The number of likely N-dealkylation sites (N-methyl/N-ethyl adjacent to an activating group) is 1. The number of hydrogen-bond acceptors (Lipinski definition) is 7. The van der Waals surface area contributed by atoms with E-state index in [0.29, 0.717) is 5.69 Å². The first-order valence-corrected chi connectivity index (χ1v) is 14.7. The summed E-state index contributed by atoms with van der Waals surface area (Å²) in [5, 5.41) is 14.4. The number of aromatic nitrogens is 1. The Balaban J connectivity index is 0.000000459. The topological polar surface area (TPSA) is 140 Å². The molecule has 3 N–H and O–H groups in total. The maximum absolute atomic E-state index is 14.9. The van der Waals surface area contributed by atoms with Crippen LogP contribution in [0.25, 0.3) is 0 Å². The third-order valence-corrected chi connectivity index (χ3v) is 7.83. The van der Waals surface area contributed by atoms with Gasteiger partial charge in [0.15, 0.2) is 0 Å². The molecule has 1 aliphatic rings. The van der Waals surface area contributed by atoms with Gasteiger partial charge in [-0.3, -0.25) is 9.62 Å². The minimum Gasteiger partial charge on any atom is -0.475 e. The molecule has 0 bridgehead atoms. The van der Waals surface area contributed by atoms with Gasteiger partial charge in [-0.15, -0.1) is 0 Å². The van der Waals surface area contributed by atoms with Crippen molar-refractivity contribution in [1.29, 1.82) is 0 Å². The van der Waals surface area contributed by atoms with E-state index in [1.165, 1.54) is 17.7 Å². The average Bonchev–Trinajstić information content (AvgIpc) is 3.42. The SMILES string of the molecule is CN(c1cc(F)c(S(=O)(=O)Nc2cccc(F)n2)cc1Cl)[C@H]1CCN(Cc2ccccc2)C1.O=C(O)C(F)(F)F.O=C(O)C(F)(F)F. The van der Waals surface area contributed by atoms with Crippen LogP contribution in [0.2, 0.25) is 5.02 Å². The van der Waals surface area contributed by atoms with E-state index in [0.717, 1.165) is 44.3 Å². The van der Waals surface area contributed by atoms with Crippen LogP contribution in [0.1, 0.15) is 12.0 Å². The summed E-state index contributed by atoms with van der Waals surface area (Å²) >= 11 is 6.39. The van der Waals surface area contributed by atoms with E-state index in [-0.39, 0.29) is 16.9 Å². The number of nitrogens with one attached hydrogen (secondary N) is 1. The quantitative estimate of drug-likeness (QED) is 0.204. The lowest BCUT2D eigenvalue weighted by Gasteiger charge is -2.28. The third-order valence-electron chi connectivity index (χ3n) is 6.15. The maximum atomic E-state index is 14.9. The summed E-state index contributed by atoms with van der Waals surface area (Å²) in [6.07, 6.45) is -9.30. The van der Waals surface area contributed by atoms with Crippen LogP contribution in [0.3, 0.4) is 0 Å². The second-order valence-corrected chi connectivity index (χ2v) is 11.6. The van der Waals surface area contributed by atoms with Crippen LogP contribution in [0.15, 0.2) is 65.6 Å². The predicted molar refractivity (Wildman–Crippen MR) is 152 cm³/mol. The van der Waals surface area contributed by atoms with Gasteiger partial charge in [0, 0.05) is 38.8 Å². The monoisotopic (exact) mass is 720 g/mol. The van der Waals surface area contributed by atoms with E-state index in [2.05, 4.69) is 26.7 Å². The lowest BCUT2D eigenvalue weighted by Crippen LogP contribution is -2.34. The van der Waals surface area contributed by atoms with E-state index in [4.69, 9.17) is 31.4 Å². The fourth-order valence-corrected chi connectivity index (χ4v) is 5.41. The highest BCUT2D eigenvalue weighted by molar-refractivity contribution is 7.92. The van der Waals surface area contributed by atoms with Crippen molar-refractivity contribution in [2.45, 2.75) is 36.3 Å². The minimum absolute atomic E-state index is 0.0997. The Bertz CT molecular complexity index is 1620. The largest absolute Gasteiger partial charge is 0.490 e. The summed E-state index contributed by atoms with van der Waals surface area (Å²) in [5.74, 6) is -7.58. The molecule has 1 saturated heterocycles. The summed E-state index contributed by atoms with van der Waals surface area (Å²) in [7, 11) is -2.53. The smallest absolute Gasteiger partial charge is 0.475 e. The standard InChI is InChI=1S/C23H23ClF2N4O2S.2C2HF3O2/c1-29(17-10-11-30(15-17)14-16-6-3-2-4-7-16)20-13-19(25)21(12-18(20)24)33(31,32)28-23-9-5-8-22(26)27-23;2*3-2(4,5)1(6)7/h2-9,12-13,17H,10-11,14-15H2,1H3,(H,27,28);2*(H,6,7)/t17-;;/m0../s1. The number of rotatable bonds is 7. The Kier molecular flexibility index (Phi) is 13.3. The van der Waals surface area contributed by atoms with Crippen LogP contribution in [0, 0.1) is 11.8 Å². The average molecular weight is 721 g/mol. The zero-order valence-corrected chi connectivity index (χ0v) is 25.4. The second-order valence-electron chi connectivity index (χ2n) is 9.57. The summed E-state index contributed by atoms with van der Waals surface area (Å²) in [5.41, 5.74) is 1.63. The normalized spacial score (nSPS) is 15.1. The molecular weight excluding hydrogens is 696 g/mol. The highest BCUT2D eigenvalue weighted by Crippen LogP contribution is 2.33. The second kappa shape index (κ2) is 16.1. The Morgan fingerprint density at radius 1 is 0.979 bits per heavy atom. The molecule has 0 spiro atoms. The Hall–Kier alpha value is -4.23. The third kappa shape index (κ3) is 12.1. The van der Waals surface area contributed by atoms with Crippen molar-refractivity contribution in [3.8, 4) is 0 Å². The molecule has 1 aromatic heterocycles. The van der Waals surface area contributed by atoms with Crippen molar-refractivity contribution in [1.82, 2.24) is 9.88 Å². The molecule has 1 fully saturated rings. The Morgan fingerprint density at radius 3 is 2.04 bits per heavy atom. The van der Waals surface area contributed by atoms with Crippen molar-refractivity contribution in [2.75, 3.05) is 29.8 Å². The molecule has 0 saturated carbocycles. The minimum atomic E-state index is -5.08. The van der Waals surface area contributed by atoms with E-state index in [9.17, 15) is 43.5 Å². The lowest BCUT2D eigenvalue weighted by molar-refractivity contribution is -0.193. The maximum Gasteiger partial charge on any atom is 0.490 e. The molecule has 258 valence electrons. The van der Waals surface area contributed by atoms with Crippen LogP contribution in [-0.4, -0.2) is 79.0 Å². The highest BCUT2D eigenvalue weighted by Gasteiger charge is 2.39. The predicted octanol–water partition coefficient (Wildman–Crippen LogP) is 5.79. The molecule has 1 aliphatic heterocycles. The Morgan fingerprint density at radius 2 is 1.53 bits per heavy atom. The molecule has 0 unspecified atom stereocenters. The van der Waals surface area contributed by atoms with Gasteiger partial charge in [0.05, 0.1) is 10.7 Å². The molecular formula is C27H25ClF8N4O6S. The molecule has 10 nitrogen and oxygen atoms in total. The number of carboxylic acid groups (broad SMARTS) is 2. The van der Waals surface area contributed by atoms with Gasteiger partial charge in [0.25, 0.3) is 10.0 Å². The summed E-state index contributed by atoms with van der Waals surface area (Å²) in [4.78, 5) is 24.8. The van der Waals surface area contributed by atoms with E-state index in [1.807, 2.05) is 30.1 Å². The fraction of sp³-hybridized carbons (Fsp3) is 0.296. The van der Waals surface area contributed by atoms with Gasteiger partial charge >= 0.3 is 24.3 Å². The van der Waals surface area contributed by atoms with Crippen LogP contribution in [-0.2, 0) is 26.2 Å². The number of carboxylic acids is 2. The van der Waals surface area contributed by atoms with Crippen LogP contribution >= 0.6 is 11.6 Å². The molecule has 0 amide bonds. The van der Waals surface area contributed by atoms with E-state index < -0.39 is 51.0 Å². The van der Waals surface area contributed by atoms with Gasteiger partial charge in [-0.05, 0) is 30.2 Å². The summed E-state index contributed by atoms with van der Waals surface area (Å²) < 4.78 is 119. The molecule has 0 radical (unpaired) electrons. The molecule has 0 aliphatic carbocycles. The lowest BCUT2D eigenvalue weighted by atomic mass is 10.2. The first kappa shape index (κ1) is 39.0. The van der Waals surface area contributed by atoms with Crippen molar-refractivity contribution in [3.05, 3.63) is 83.0 Å². The van der Waals surface area contributed by atoms with Crippen LogP contribution in [0.4, 0.5) is 46.6 Å². The number of likely N-dealkylation sites (tertiary alicyclic amines) is 1. The number of alkyl halides is 6. The van der Waals surface area contributed by atoms with Gasteiger partial charge in [0.1, 0.15) is 16.5 Å². The van der Waals surface area contributed by atoms with Gasteiger partial charge in [-0.25, -0.2) is 27.4 Å². The number of sulfonamides is 1. The van der Waals surface area contributed by atoms with Gasteiger partial charge in [0.2, 0.25) is 5.95 Å². The first-order valence-electron chi connectivity index (χ1n) is 12.9. The zero-order chi connectivity index (χ0) is 35.7. The highest BCUT2D eigenvalue weighted by atomic mass is 35.5. The number of hydrogen-bond donors (Lipinski definition) is 3. The molecule has 2 heterocycles. The molecule has 1 atom stereocenters. The summed E-state index contributed by atoms with van der Waals surface area (Å²) in [6.45, 7) is 2.49. The van der Waals surface area contributed by atoms with Crippen molar-refractivity contribution >= 4 is 45.1 Å². The van der Waals surface area contributed by atoms with Gasteiger partial charge in [-0.1, -0.05) is 48.0 Å². The number of carbonyl (C=O) groups is 2. The van der Waals surface area contributed by atoms with Gasteiger partial charge < -0.3 is 15.1 Å². The van der Waals surface area contributed by atoms with E-state index >= 15 is 0 Å².